The number of aryl methyl sites for hydroxylation is 1. The number of halogens is 1. The van der Waals surface area contributed by atoms with E-state index < -0.39 is 10.8 Å². The molecule has 20 heavy (non-hydrogen) atoms. The molecule has 1 aromatic heterocycles. The zero-order chi connectivity index (χ0) is 14.7. The Morgan fingerprint density at radius 2 is 2.30 bits per heavy atom. The van der Waals surface area contributed by atoms with Crippen molar-refractivity contribution < 1.29 is 9.72 Å². The molecule has 0 saturated heterocycles. The molecule has 1 amide bonds. The topological polar surface area (TPSA) is 103 Å². The molecule has 1 heterocycles. The van der Waals surface area contributed by atoms with E-state index in [1.807, 2.05) is 0 Å². The summed E-state index contributed by atoms with van der Waals surface area (Å²) in [6.45, 7) is 0.146. The van der Waals surface area contributed by atoms with Crippen molar-refractivity contribution >= 4 is 23.2 Å². The number of nitrogens with zero attached hydrogens (tertiary/aromatic N) is 4. The molecule has 1 aromatic carbocycles. The van der Waals surface area contributed by atoms with E-state index >= 15 is 0 Å². The van der Waals surface area contributed by atoms with Gasteiger partial charge in [0.1, 0.15) is 6.33 Å². The number of nitrogens with one attached hydrogen (secondary N) is 1. The van der Waals surface area contributed by atoms with Gasteiger partial charge in [0.25, 0.3) is 11.6 Å². The van der Waals surface area contributed by atoms with Gasteiger partial charge in [-0.05, 0) is 6.07 Å². The Morgan fingerprint density at radius 1 is 1.55 bits per heavy atom. The quantitative estimate of drug-likeness (QED) is 0.676. The molecule has 2 aromatic rings. The summed E-state index contributed by atoms with van der Waals surface area (Å²) < 4.78 is 1.51. The van der Waals surface area contributed by atoms with Gasteiger partial charge in [-0.1, -0.05) is 11.6 Å². The number of carbonyl (C=O) groups is 1. The van der Waals surface area contributed by atoms with Crippen LogP contribution in [-0.2, 0) is 13.6 Å². The maximum atomic E-state index is 11.9. The van der Waals surface area contributed by atoms with E-state index in [1.165, 1.54) is 23.1 Å². The van der Waals surface area contributed by atoms with Crippen LogP contribution in [0.2, 0.25) is 5.02 Å². The number of nitro benzene ring substituents is 1. The Kier molecular flexibility index (Phi) is 3.94. The third kappa shape index (κ3) is 3.09. The van der Waals surface area contributed by atoms with Gasteiger partial charge in [-0.3, -0.25) is 19.6 Å². The fraction of sp³-hybridized carbons (Fsp3) is 0.182. The maximum Gasteiger partial charge on any atom is 0.270 e. The molecule has 0 bridgehead atoms. The Bertz CT molecular complexity index is 670. The van der Waals surface area contributed by atoms with Gasteiger partial charge in [-0.2, -0.15) is 5.10 Å². The van der Waals surface area contributed by atoms with E-state index in [9.17, 15) is 14.9 Å². The van der Waals surface area contributed by atoms with Crippen LogP contribution in [0.15, 0.2) is 24.5 Å². The average molecular weight is 296 g/mol. The second-order valence-corrected chi connectivity index (χ2v) is 4.35. The van der Waals surface area contributed by atoms with Crippen molar-refractivity contribution in [1.82, 2.24) is 20.1 Å². The number of nitro groups is 1. The highest BCUT2D eigenvalue weighted by Crippen LogP contribution is 2.22. The summed E-state index contributed by atoms with van der Waals surface area (Å²) in [4.78, 5) is 25.9. The Balaban J connectivity index is 2.07. The first-order valence-electron chi connectivity index (χ1n) is 5.54. The van der Waals surface area contributed by atoms with E-state index in [-0.39, 0.29) is 22.8 Å². The number of amides is 1. The van der Waals surface area contributed by atoms with Crippen LogP contribution in [0.25, 0.3) is 0 Å². The molecular weight excluding hydrogens is 286 g/mol. The van der Waals surface area contributed by atoms with Crippen LogP contribution in [0.4, 0.5) is 5.69 Å². The minimum absolute atomic E-state index is 0.0191. The number of benzene rings is 1. The summed E-state index contributed by atoms with van der Waals surface area (Å²) in [6, 6.07) is 3.66. The third-order valence-electron chi connectivity index (χ3n) is 2.46. The fourth-order valence-corrected chi connectivity index (χ4v) is 1.78. The van der Waals surface area contributed by atoms with Crippen LogP contribution in [0.1, 0.15) is 16.2 Å². The SMILES string of the molecule is Cn1cnc(CNC(=O)c2ccc([N+](=O)[O-])cc2Cl)n1. The zero-order valence-corrected chi connectivity index (χ0v) is 11.2. The number of rotatable bonds is 4. The smallest absolute Gasteiger partial charge is 0.270 e. The number of aromatic nitrogens is 3. The Morgan fingerprint density at radius 3 is 2.85 bits per heavy atom. The van der Waals surface area contributed by atoms with Crippen molar-refractivity contribution in [3.8, 4) is 0 Å². The molecule has 0 saturated carbocycles. The molecule has 9 heteroatoms. The fourth-order valence-electron chi connectivity index (χ4n) is 1.52. The first-order valence-corrected chi connectivity index (χ1v) is 5.92. The van der Waals surface area contributed by atoms with Gasteiger partial charge in [0, 0.05) is 19.2 Å². The van der Waals surface area contributed by atoms with Gasteiger partial charge < -0.3 is 5.32 Å². The van der Waals surface area contributed by atoms with Crippen molar-refractivity contribution in [3.05, 3.63) is 51.1 Å². The summed E-state index contributed by atoms with van der Waals surface area (Å²) in [6.07, 6.45) is 1.51. The molecule has 0 aliphatic rings. The molecule has 0 radical (unpaired) electrons. The van der Waals surface area contributed by atoms with Crippen LogP contribution < -0.4 is 5.32 Å². The lowest BCUT2D eigenvalue weighted by atomic mass is 10.2. The first kappa shape index (κ1) is 13.9. The van der Waals surface area contributed by atoms with Gasteiger partial charge >= 0.3 is 0 Å². The molecule has 0 aliphatic carbocycles. The summed E-state index contributed by atoms with van der Waals surface area (Å²) in [5, 5.41) is 17.2. The molecule has 1 N–H and O–H groups in total. The molecule has 0 atom stereocenters. The summed E-state index contributed by atoms with van der Waals surface area (Å²) in [5.74, 6) is 0.0104. The lowest BCUT2D eigenvalue weighted by molar-refractivity contribution is -0.384. The second kappa shape index (κ2) is 5.66. The Labute approximate surface area is 118 Å². The van der Waals surface area contributed by atoms with Crippen molar-refractivity contribution in [2.45, 2.75) is 6.54 Å². The van der Waals surface area contributed by atoms with E-state index in [0.29, 0.717) is 5.82 Å². The zero-order valence-electron chi connectivity index (χ0n) is 10.4. The average Bonchev–Trinajstić information content (AvgIpc) is 2.81. The number of carbonyl (C=O) groups excluding carboxylic acids is 1. The summed E-state index contributed by atoms with van der Waals surface area (Å²) in [7, 11) is 1.71. The standard InChI is InChI=1S/C11H10ClN5O3/c1-16-6-14-10(15-16)5-13-11(18)8-3-2-7(17(19)20)4-9(8)12/h2-4,6H,5H2,1H3,(H,13,18). The summed E-state index contributed by atoms with van der Waals surface area (Å²) in [5.41, 5.74) is -0.00820. The molecular formula is C11H10ClN5O3. The first-order chi connectivity index (χ1) is 9.47. The van der Waals surface area contributed by atoms with Crippen LogP contribution in [0, 0.1) is 10.1 Å². The van der Waals surface area contributed by atoms with Gasteiger partial charge in [0.05, 0.1) is 22.1 Å². The molecule has 0 aliphatic heterocycles. The number of non-ortho nitro benzene ring substituents is 1. The van der Waals surface area contributed by atoms with Gasteiger partial charge in [0.2, 0.25) is 0 Å². The number of hydrogen-bond acceptors (Lipinski definition) is 5. The van der Waals surface area contributed by atoms with Crippen LogP contribution in [0.3, 0.4) is 0 Å². The predicted octanol–water partition coefficient (Wildman–Crippen LogP) is 1.31. The van der Waals surface area contributed by atoms with Crippen molar-refractivity contribution in [1.29, 1.82) is 0 Å². The molecule has 0 spiro atoms. The van der Waals surface area contributed by atoms with Crippen molar-refractivity contribution in [2.75, 3.05) is 0 Å². The van der Waals surface area contributed by atoms with Gasteiger partial charge in [-0.25, -0.2) is 4.98 Å². The van der Waals surface area contributed by atoms with Crippen LogP contribution in [0.5, 0.6) is 0 Å². The largest absolute Gasteiger partial charge is 0.345 e. The molecule has 8 nitrogen and oxygen atoms in total. The second-order valence-electron chi connectivity index (χ2n) is 3.94. The molecule has 0 unspecified atom stereocenters. The maximum absolute atomic E-state index is 11.9. The van der Waals surface area contributed by atoms with Crippen molar-refractivity contribution in [2.24, 2.45) is 7.05 Å². The Hall–Kier alpha value is -2.48. The van der Waals surface area contributed by atoms with Crippen molar-refractivity contribution in [3.63, 3.8) is 0 Å². The summed E-state index contributed by atoms with van der Waals surface area (Å²) >= 11 is 5.85. The third-order valence-corrected chi connectivity index (χ3v) is 2.77. The monoisotopic (exact) mass is 295 g/mol. The predicted molar refractivity (Wildman–Crippen MR) is 70.3 cm³/mol. The minimum Gasteiger partial charge on any atom is -0.345 e. The van der Waals surface area contributed by atoms with Gasteiger partial charge in [-0.15, -0.1) is 0 Å². The normalized spacial score (nSPS) is 10.3. The molecule has 104 valence electrons. The number of hydrogen-bond donors (Lipinski definition) is 1. The minimum atomic E-state index is -0.578. The highest BCUT2D eigenvalue weighted by molar-refractivity contribution is 6.34. The molecule has 0 fully saturated rings. The highest BCUT2D eigenvalue weighted by atomic mass is 35.5. The van der Waals surface area contributed by atoms with E-state index in [0.717, 1.165) is 6.07 Å². The van der Waals surface area contributed by atoms with E-state index in [1.54, 1.807) is 7.05 Å². The van der Waals surface area contributed by atoms with Crippen LogP contribution >= 0.6 is 11.6 Å². The van der Waals surface area contributed by atoms with E-state index in [4.69, 9.17) is 11.6 Å². The highest BCUT2D eigenvalue weighted by Gasteiger charge is 2.15. The van der Waals surface area contributed by atoms with Gasteiger partial charge in [0.15, 0.2) is 5.82 Å². The lowest BCUT2D eigenvalue weighted by Crippen LogP contribution is -2.23. The lowest BCUT2D eigenvalue weighted by Gasteiger charge is -2.04. The van der Waals surface area contributed by atoms with Crippen LogP contribution in [-0.4, -0.2) is 25.6 Å². The molecule has 2 rings (SSSR count). The van der Waals surface area contributed by atoms with E-state index in [2.05, 4.69) is 15.4 Å².